The van der Waals surface area contributed by atoms with Crippen molar-refractivity contribution in [2.75, 3.05) is 98.2 Å². The van der Waals surface area contributed by atoms with Crippen LogP contribution in [0.5, 0.6) is 0 Å². The van der Waals surface area contributed by atoms with Gasteiger partial charge in [0.2, 0.25) is 7.37 Å². The van der Waals surface area contributed by atoms with Crippen molar-refractivity contribution in [2.45, 2.75) is 19.6 Å². The van der Waals surface area contributed by atoms with E-state index in [1.54, 1.807) is 6.92 Å². The predicted octanol–water partition coefficient (Wildman–Crippen LogP) is 0.405. The van der Waals surface area contributed by atoms with Crippen LogP contribution in [0.2, 0.25) is 0 Å². The Balaban J connectivity index is 2.04. The van der Waals surface area contributed by atoms with Crippen LogP contribution in [0.1, 0.15) is 12.5 Å². The number of hydrogen-bond acceptors (Lipinski definition) is 10. The molecule has 38 heavy (non-hydrogen) atoms. The maximum Gasteiger partial charge on any atom is 0.319 e. The highest BCUT2D eigenvalue weighted by Crippen LogP contribution is 2.40. The van der Waals surface area contributed by atoms with Crippen molar-refractivity contribution < 1.29 is 33.6 Å². The van der Waals surface area contributed by atoms with E-state index in [9.17, 15) is 24.2 Å². The molecule has 1 heterocycles. The smallest absolute Gasteiger partial charge is 0.319 e. The first-order valence-electron chi connectivity index (χ1n) is 13.2. The second kappa shape index (κ2) is 17.8. The zero-order valence-electron chi connectivity index (χ0n) is 22.8. The molecule has 0 spiro atoms. The SMILES string of the molecule is CCP(=O)(O)CN1CCN(CC=O)CCN(CC(O)COCc2ccccc2)CCN(CC(=O)OC)CC1. The van der Waals surface area contributed by atoms with Crippen LogP contribution in [-0.2, 0) is 30.2 Å². The summed E-state index contributed by atoms with van der Waals surface area (Å²) in [6.07, 6.45) is 0.447. The molecule has 1 fully saturated rings. The minimum Gasteiger partial charge on any atom is -0.468 e. The Labute approximate surface area is 226 Å². The van der Waals surface area contributed by atoms with E-state index in [0.717, 1.165) is 11.8 Å². The molecule has 0 radical (unpaired) electrons. The molecule has 2 N–H and O–H groups in total. The second-order valence-electron chi connectivity index (χ2n) is 9.70. The third-order valence-corrected chi connectivity index (χ3v) is 8.48. The summed E-state index contributed by atoms with van der Waals surface area (Å²) in [7, 11) is -1.93. The highest BCUT2D eigenvalue weighted by molar-refractivity contribution is 7.57. The quantitative estimate of drug-likeness (QED) is 0.199. The van der Waals surface area contributed by atoms with Gasteiger partial charge < -0.3 is 24.3 Å². The van der Waals surface area contributed by atoms with E-state index in [-0.39, 0.29) is 38.1 Å². The van der Waals surface area contributed by atoms with Crippen LogP contribution in [0.25, 0.3) is 0 Å². The molecule has 12 heteroatoms. The summed E-state index contributed by atoms with van der Waals surface area (Å²) < 4.78 is 23.0. The molecule has 0 aromatic heterocycles. The Hall–Kier alpha value is -1.69. The van der Waals surface area contributed by atoms with Gasteiger partial charge in [-0.1, -0.05) is 37.3 Å². The number of aldehydes is 1. The molecule has 1 aliphatic heterocycles. The Morgan fingerprint density at radius 1 is 1.00 bits per heavy atom. The summed E-state index contributed by atoms with van der Waals surface area (Å²) in [5.74, 6) is -0.344. The van der Waals surface area contributed by atoms with Gasteiger partial charge in [-0.2, -0.15) is 0 Å². The Kier molecular flexibility index (Phi) is 15.2. The maximum atomic E-state index is 12.5. The zero-order chi connectivity index (χ0) is 27.8. The number of aliphatic hydroxyl groups is 1. The van der Waals surface area contributed by atoms with E-state index >= 15 is 0 Å². The summed E-state index contributed by atoms with van der Waals surface area (Å²) in [5.41, 5.74) is 1.04. The number of methoxy groups -OCH3 is 1. The number of ether oxygens (including phenoxy) is 2. The summed E-state index contributed by atoms with van der Waals surface area (Å²) in [6, 6.07) is 9.79. The monoisotopic (exact) mass is 556 g/mol. The molecule has 0 aliphatic carbocycles. The van der Waals surface area contributed by atoms with Crippen molar-refractivity contribution in [3.63, 3.8) is 0 Å². The molecule has 1 aliphatic rings. The number of carbonyl (C=O) groups excluding carboxylic acids is 2. The summed E-state index contributed by atoms with van der Waals surface area (Å²) >= 11 is 0. The van der Waals surface area contributed by atoms with Crippen molar-refractivity contribution in [1.29, 1.82) is 0 Å². The van der Waals surface area contributed by atoms with Gasteiger partial charge in [-0.25, -0.2) is 0 Å². The standard InChI is InChI=1S/C26H45N4O7P/c1-3-38(34,35)23-30-15-10-27(17-18-31)9-11-28(12-13-29(14-16-30)20-26(33)36-2)19-25(32)22-37-21-24-7-5-4-6-8-24/h4-8,18,25,32H,3,9-17,19-23H2,1-2H3,(H,34,35). The van der Waals surface area contributed by atoms with Crippen LogP contribution >= 0.6 is 7.37 Å². The van der Waals surface area contributed by atoms with Crippen molar-refractivity contribution in [1.82, 2.24) is 19.6 Å². The van der Waals surface area contributed by atoms with Crippen LogP contribution in [0.15, 0.2) is 30.3 Å². The van der Waals surface area contributed by atoms with Gasteiger partial charge in [0.15, 0.2) is 0 Å². The van der Waals surface area contributed by atoms with Gasteiger partial charge in [0.25, 0.3) is 0 Å². The lowest BCUT2D eigenvalue weighted by molar-refractivity contribution is -0.142. The van der Waals surface area contributed by atoms with Gasteiger partial charge in [0, 0.05) is 65.1 Å². The molecule has 1 aromatic carbocycles. The van der Waals surface area contributed by atoms with Crippen LogP contribution in [0, 0.1) is 0 Å². The molecule has 2 rings (SSSR count). The van der Waals surface area contributed by atoms with E-state index < -0.39 is 13.5 Å². The number of benzene rings is 1. The minimum atomic E-state index is -3.28. The Morgan fingerprint density at radius 3 is 2.16 bits per heavy atom. The highest BCUT2D eigenvalue weighted by atomic mass is 31.2. The molecule has 0 bridgehead atoms. The van der Waals surface area contributed by atoms with Crippen molar-refractivity contribution in [2.24, 2.45) is 0 Å². The predicted molar refractivity (Wildman–Crippen MR) is 146 cm³/mol. The zero-order valence-corrected chi connectivity index (χ0v) is 23.7. The maximum absolute atomic E-state index is 12.5. The largest absolute Gasteiger partial charge is 0.468 e. The third-order valence-electron chi connectivity index (χ3n) is 6.65. The first kappa shape index (κ1) is 32.5. The fourth-order valence-corrected chi connectivity index (χ4v) is 5.35. The number of esters is 1. The molecule has 2 unspecified atom stereocenters. The average molecular weight is 557 g/mol. The van der Waals surface area contributed by atoms with Crippen LogP contribution in [0.3, 0.4) is 0 Å². The first-order chi connectivity index (χ1) is 18.2. The van der Waals surface area contributed by atoms with E-state index in [1.165, 1.54) is 7.11 Å². The van der Waals surface area contributed by atoms with Crippen molar-refractivity contribution >= 4 is 19.6 Å². The molecule has 0 saturated carbocycles. The summed E-state index contributed by atoms with van der Waals surface area (Å²) in [6.45, 7) is 7.58. The van der Waals surface area contributed by atoms with Crippen LogP contribution < -0.4 is 0 Å². The van der Waals surface area contributed by atoms with Gasteiger partial charge in [-0.3, -0.25) is 29.0 Å². The molecule has 216 valence electrons. The van der Waals surface area contributed by atoms with Crippen LogP contribution in [-0.4, -0.2) is 146 Å². The molecular weight excluding hydrogens is 511 g/mol. The second-order valence-corrected chi connectivity index (χ2v) is 12.3. The topological polar surface area (TPSA) is 123 Å². The lowest BCUT2D eigenvalue weighted by atomic mass is 10.2. The number of β-amino-alcohol motifs (C(OH)–C–C–N with tert-alkyl or cyclic N) is 1. The number of nitrogens with zero attached hydrogens (tertiary/aromatic N) is 4. The summed E-state index contributed by atoms with van der Waals surface area (Å²) in [5, 5.41) is 10.7. The summed E-state index contributed by atoms with van der Waals surface area (Å²) in [4.78, 5) is 41.7. The van der Waals surface area contributed by atoms with E-state index in [1.807, 2.05) is 45.0 Å². The Morgan fingerprint density at radius 2 is 1.58 bits per heavy atom. The molecule has 11 nitrogen and oxygen atoms in total. The van der Waals surface area contributed by atoms with Gasteiger partial charge in [-0.05, 0) is 5.56 Å². The fraction of sp³-hybridized carbons (Fsp3) is 0.692. The Bertz CT molecular complexity index is 863. The van der Waals surface area contributed by atoms with Gasteiger partial charge in [0.1, 0.15) is 6.29 Å². The normalized spacial score (nSPS) is 20.1. The van der Waals surface area contributed by atoms with E-state index in [4.69, 9.17) is 9.47 Å². The molecule has 1 aromatic rings. The van der Waals surface area contributed by atoms with Gasteiger partial charge in [-0.15, -0.1) is 0 Å². The highest BCUT2D eigenvalue weighted by Gasteiger charge is 2.24. The first-order valence-corrected chi connectivity index (χ1v) is 15.3. The number of hydrogen-bond donors (Lipinski definition) is 2. The number of carbonyl (C=O) groups is 2. The van der Waals surface area contributed by atoms with Crippen molar-refractivity contribution in [3.05, 3.63) is 35.9 Å². The van der Waals surface area contributed by atoms with E-state index in [2.05, 4.69) is 4.90 Å². The van der Waals surface area contributed by atoms with Gasteiger partial charge in [0.05, 0.1) is 45.8 Å². The minimum absolute atomic E-state index is 0.0752. The van der Waals surface area contributed by atoms with Crippen molar-refractivity contribution in [3.8, 4) is 0 Å². The molecular formula is C26H45N4O7P. The lowest BCUT2D eigenvalue weighted by Crippen LogP contribution is -2.48. The van der Waals surface area contributed by atoms with Crippen LogP contribution in [0.4, 0.5) is 0 Å². The molecule has 1 saturated heterocycles. The van der Waals surface area contributed by atoms with E-state index in [0.29, 0.717) is 65.5 Å². The molecule has 0 amide bonds. The average Bonchev–Trinajstić information content (AvgIpc) is 2.90. The third kappa shape index (κ3) is 13.4. The number of aliphatic hydroxyl groups excluding tert-OH is 1. The lowest BCUT2D eigenvalue weighted by Gasteiger charge is -2.34. The number of rotatable bonds is 13. The fourth-order valence-electron chi connectivity index (χ4n) is 4.25. The van der Waals surface area contributed by atoms with Gasteiger partial charge >= 0.3 is 5.97 Å². The molecule has 2 atom stereocenters.